The molecule has 1 heterocycles. The van der Waals surface area contributed by atoms with Crippen LogP contribution in [0.5, 0.6) is 5.75 Å². The fourth-order valence-corrected chi connectivity index (χ4v) is 3.20. The minimum absolute atomic E-state index is 0.0242. The average Bonchev–Trinajstić information content (AvgIpc) is 2.69. The summed E-state index contributed by atoms with van der Waals surface area (Å²) >= 11 is 0. The molecule has 1 aliphatic rings. The average molecular weight is 396 g/mol. The molecule has 2 amide bonds. The number of amides is 2. The second-order valence-corrected chi connectivity index (χ2v) is 7.04. The summed E-state index contributed by atoms with van der Waals surface area (Å²) in [6, 6.07) is 12.7. The van der Waals surface area contributed by atoms with Crippen molar-refractivity contribution in [1.29, 1.82) is 0 Å². The van der Waals surface area contributed by atoms with Crippen molar-refractivity contribution >= 4 is 29.2 Å². The molecular formula is C22H24N2O5. The summed E-state index contributed by atoms with van der Waals surface area (Å²) in [5.41, 5.74) is 3.14. The van der Waals surface area contributed by atoms with Crippen LogP contribution in [-0.2, 0) is 19.1 Å². The summed E-state index contributed by atoms with van der Waals surface area (Å²) in [5, 5.41) is 2.81. The van der Waals surface area contributed by atoms with Gasteiger partial charge in [0, 0.05) is 12.6 Å². The lowest BCUT2D eigenvalue weighted by Crippen LogP contribution is -2.48. The number of esters is 1. The van der Waals surface area contributed by atoms with Gasteiger partial charge in [-0.3, -0.25) is 9.59 Å². The number of anilines is 2. The zero-order chi connectivity index (χ0) is 21.1. The molecule has 152 valence electrons. The number of hydrogen-bond donors (Lipinski definition) is 1. The number of aryl methyl sites for hydroxylation is 2. The van der Waals surface area contributed by atoms with Crippen LogP contribution in [0.25, 0.3) is 0 Å². The number of nitrogens with zero attached hydrogens (tertiary/aromatic N) is 1. The predicted molar refractivity (Wildman–Crippen MR) is 109 cm³/mol. The highest BCUT2D eigenvalue weighted by Gasteiger charge is 2.35. The van der Waals surface area contributed by atoms with Crippen LogP contribution in [0.1, 0.15) is 25.0 Å². The summed E-state index contributed by atoms with van der Waals surface area (Å²) in [6.45, 7) is 6.73. The molecule has 7 nitrogen and oxygen atoms in total. The first-order chi connectivity index (χ1) is 13.8. The molecule has 29 heavy (non-hydrogen) atoms. The van der Waals surface area contributed by atoms with E-state index in [-0.39, 0.29) is 12.5 Å². The third kappa shape index (κ3) is 4.39. The van der Waals surface area contributed by atoms with E-state index >= 15 is 0 Å². The molecule has 0 radical (unpaired) electrons. The number of benzene rings is 2. The van der Waals surface area contributed by atoms with Crippen LogP contribution in [0.4, 0.5) is 11.4 Å². The largest absolute Gasteiger partial charge is 0.475 e. The molecule has 0 aromatic heterocycles. The predicted octanol–water partition coefficient (Wildman–Crippen LogP) is 2.99. The van der Waals surface area contributed by atoms with E-state index in [9.17, 15) is 14.4 Å². The van der Waals surface area contributed by atoms with Gasteiger partial charge in [-0.2, -0.15) is 0 Å². The van der Waals surface area contributed by atoms with Gasteiger partial charge in [-0.1, -0.05) is 30.3 Å². The van der Waals surface area contributed by atoms with Crippen LogP contribution in [0.2, 0.25) is 0 Å². The van der Waals surface area contributed by atoms with E-state index in [1.165, 1.54) is 18.7 Å². The molecule has 0 bridgehead atoms. The van der Waals surface area contributed by atoms with Crippen LogP contribution >= 0.6 is 0 Å². The number of ether oxygens (including phenoxy) is 2. The van der Waals surface area contributed by atoms with Gasteiger partial charge in [-0.05, 0) is 44.0 Å². The third-order valence-corrected chi connectivity index (χ3v) is 4.81. The summed E-state index contributed by atoms with van der Waals surface area (Å²) in [6.07, 6.45) is -2.03. The fourth-order valence-electron chi connectivity index (χ4n) is 3.20. The Hall–Kier alpha value is -3.35. The summed E-state index contributed by atoms with van der Waals surface area (Å²) in [7, 11) is 0. The topological polar surface area (TPSA) is 84.9 Å². The van der Waals surface area contributed by atoms with E-state index in [0.29, 0.717) is 17.1 Å². The number of fused-ring (bicyclic) bond motifs is 1. The Bertz CT molecular complexity index is 936. The second kappa shape index (κ2) is 8.34. The quantitative estimate of drug-likeness (QED) is 0.803. The highest BCUT2D eigenvalue weighted by atomic mass is 16.6. The Morgan fingerprint density at radius 2 is 1.76 bits per heavy atom. The minimum atomic E-state index is -1.02. The van der Waals surface area contributed by atoms with Crippen molar-refractivity contribution in [2.24, 2.45) is 0 Å². The maximum absolute atomic E-state index is 12.6. The molecule has 0 aliphatic carbocycles. The molecule has 0 unspecified atom stereocenters. The molecule has 2 aromatic carbocycles. The number of rotatable bonds is 4. The fraction of sp³-hybridized carbons (Fsp3) is 0.318. The zero-order valence-corrected chi connectivity index (χ0v) is 16.9. The lowest BCUT2D eigenvalue weighted by molar-refractivity contribution is -0.160. The van der Waals surface area contributed by atoms with Crippen molar-refractivity contribution in [2.45, 2.75) is 39.9 Å². The van der Waals surface area contributed by atoms with Crippen LogP contribution < -0.4 is 15.0 Å². The molecule has 2 aromatic rings. The van der Waals surface area contributed by atoms with Gasteiger partial charge >= 0.3 is 5.97 Å². The van der Waals surface area contributed by atoms with Crippen LogP contribution in [0.15, 0.2) is 42.5 Å². The Morgan fingerprint density at radius 3 is 2.41 bits per heavy atom. The van der Waals surface area contributed by atoms with Crippen molar-refractivity contribution in [3.8, 4) is 5.75 Å². The van der Waals surface area contributed by atoms with Crippen molar-refractivity contribution in [3.63, 3.8) is 0 Å². The van der Waals surface area contributed by atoms with Crippen molar-refractivity contribution in [3.05, 3.63) is 53.6 Å². The Morgan fingerprint density at radius 1 is 1.10 bits per heavy atom. The first-order valence-corrected chi connectivity index (χ1v) is 9.39. The lowest BCUT2D eigenvalue weighted by atomic mass is 10.1. The van der Waals surface area contributed by atoms with E-state index in [1.807, 2.05) is 32.0 Å². The van der Waals surface area contributed by atoms with E-state index in [4.69, 9.17) is 9.47 Å². The molecule has 0 spiro atoms. The van der Waals surface area contributed by atoms with Gasteiger partial charge in [0.2, 0.25) is 12.0 Å². The SMILES string of the molecule is CC(=O)N1C[C@@H](C(=O)O[C@H](C)C(=O)Nc2c(C)cccc2C)Oc2ccccc21. The van der Waals surface area contributed by atoms with Gasteiger partial charge in [0.05, 0.1) is 12.2 Å². The number of carbonyl (C=O) groups excluding carboxylic acids is 3. The first-order valence-electron chi connectivity index (χ1n) is 9.39. The summed E-state index contributed by atoms with van der Waals surface area (Å²) < 4.78 is 11.0. The molecule has 1 N–H and O–H groups in total. The van der Waals surface area contributed by atoms with Gasteiger partial charge in [-0.25, -0.2) is 4.79 Å². The van der Waals surface area contributed by atoms with Crippen LogP contribution in [0.3, 0.4) is 0 Å². The molecule has 0 fully saturated rings. The second-order valence-electron chi connectivity index (χ2n) is 7.04. The van der Waals surface area contributed by atoms with E-state index in [2.05, 4.69) is 5.32 Å². The van der Waals surface area contributed by atoms with Gasteiger partial charge in [0.1, 0.15) is 5.75 Å². The Balaban J connectivity index is 1.68. The van der Waals surface area contributed by atoms with Crippen molar-refractivity contribution in [2.75, 3.05) is 16.8 Å². The van der Waals surface area contributed by atoms with Crippen LogP contribution in [0, 0.1) is 13.8 Å². The summed E-state index contributed by atoms with van der Waals surface area (Å²) in [5.74, 6) is -0.923. The zero-order valence-electron chi connectivity index (χ0n) is 16.9. The maximum Gasteiger partial charge on any atom is 0.350 e. The smallest absolute Gasteiger partial charge is 0.350 e. The number of carbonyl (C=O) groups is 3. The van der Waals surface area contributed by atoms with E-state index < -0.39 is 24.1 Å². The molecule has 3 rings (SSSR count). The normalized spacial score (nSPS) is 16.3. The lowest BCUT2D eigenvalue weighted by Gasteiger charge is -2.33. The third-order valence-electron chi connectivity index (χ3n) is 4.81. The monoisotopic (exact) mass is 396 g/mol. The number of para-hydroxylation sites is 3. The van der Waals surface area contributed by atoms with E-state index in [1.54, 1.807) is 24.3 Å². The van der Waals surface area contributed by atoms with Gasteiger partial charge in [0.15, 0.2) is 6.10 Å². The Labute approximate surface area is 169 Å². The highest BCUT2D eigenvalue weighted by molar-refractivity contribution is 5.97. The number of nitrogens with one attached hydrogen (secondary N) is 1. The molecule has 1 aliphatic heterocycles. The van der Waals surface area contributed by atoms with Gasteiger partial charge in [-0.15, -0.1) is 0 Å². The molecule has 2 atom stereocenters. The highest BCUT2D eigenvalue weighted by Crippen LogP contribution is 2.33. The van der Waals surface area contributed by atoms with Gasteiger partial charge in [0.25, 0.3) is 5.91 Å². The van der Waals surface area contributed by atoms with Crippen molar-refractivity contribution in [1.82, 2.24) is 0 Å². The molecule has 0 saturated carbocycles. The number of hydrogen-bond acceptors (Lipinski definition) is 5. The molecule has 0 saturated heterocycles. The maximum atomic E-state index is 12.6. The first kappa shape index (κ1) is 20.4. The minimum Gasteiger partial charge on any atom is -0.475 e. The van der Waals surface area contributed by atoms with E-state index in [0.717, 1.165) is 11.1 Å². The summed E-state index contributed by atoms with van der Waals surface area (Å²) in [4.78, 5) is 38.6. The van der Waals surface area contributed by atoms with Gasteiger partial charge < -0.3 is 19.7 Å². The molecule has 7 heteroatoms. The Kier molecular flexibility index (Phi) is 5.87. The standard InChI is InChI=1S/C22H24N2O5/c1-13-8-7-9-14(2)20(13)23-21(26)15(3)28-22(27)19-12-24(16(4)25)17-10-5-6-11-18(17)29-19/h5-11,15,19H,12H2,1-4H3,(H,23,26)/t15-,19+/m1/s1. The van der Waals surface area contributed by atoms with Crippen LogP contribution in [-0.4, -0.2) is 36.5 Å². The molecular weight excluding hydrogens is 372 g/mol. The van der Waals surface area contributed by atoms with Crippen molar-refractivity contribution < 1.29 is 23.9 Å².